The van der Waals surface area contributed by atoms with Crippen molar-refractivity contribution in [2.24, 2.45) is 0 Å². The molecular weight excluding hydrogens is 231 g/mol. The molecule has 0 aliphatic carbocycles. The van der Waals surface area contributed by atoms with Crippen LogP contribution in [0.15, 0.2) is 12.6 Å². The first-order valence-corrected chi connectivity index (χ1v) is 6.16. The highest BCUT2D eigenvalue weighted by atomic mass is 19.1. The van der Waals surface area contributed by atoms with Crippen molar-refractivity contribution in [3.05, 3.63) is 29.6 Å². The van der Waals surface area contributed by atoms with Gasteiger partial charge in [-0.2, -0.15) is 5.10 Å². The van der Waals surface area contributed by atoms with Gasteiger partial charge in [0.25, 0.3) is 0 Å². The maximum absolute atomic E-state index is 14.3. The van der Waals surface area contributed by atoms with Crippen LogP contribution in [-0.4, -0.2) is 16.8 Å². The number of hydrogen-bond donors (Lipinski definition) is 0. The van der Waals surface area contributed by atoms with E-state index in [1.165, 1.54) is 13.8 Å². The van der Waals surface area contributed by atoms with E-state index < -0.39 is 5.67 Å². The molecule has 0 N–H and O–H groups in total. The number of halogens is 1. The van der Waals surface area contributed by atoms with Crippen molar-refractivity contribution in [2.75, 3.05) is 6.61 Å². The molecule has 0 saturated carbocycles. The molecule has 0 unspecified atom stereocenters. The van der Waals surface area contributed by atoms with Gasteiger partial charge in [0.2, 0.25) is 0 Å². The molecule has 18 heavy (non-hydrogen) atoms. The largest absolute Gasteiger partial charge is 0.492 e. The molecule has 100 valence electrons. The van der Waals surface area contributed by atoms with Crippen molar-refractivity contribution < 1.29 is 9.13 Å². The third-order valence-electron chi connectivity index (χ3n) is 2.63. The van der Waals surface area contributed by atoms with E-state index in [0.29, 0.717) is 23.6 Å². The van der Waals surface area contributed by atoms with E-state index in [9.17, 15) is 4.39 Å². The van der Waals surface area contributed by atoms with Gasteiger partial charge in [-0.05, 0) is 32.8 Å². The Morgan fingerprint density at radius 1 is 1.44 bits per heavy atom. The zero-order chi connectivity index (χ0) is 13.9. The first-order valence-electron chi connectivity index (χ1n) is 6.16. The molecule has 0 aromatic carbocycles. The zero-order valence-electron chi connectivity index (χ0n) is 11.7. The van der Waals surface area contributed by atoms with Crippen LogP contribution in [0.5, 0.6) is 0 Å². The molecule has 4 heteroatoms. The van der Waals surface area contributed by atoms with Crippen molar-refractivity contribution in [1.82, 2.24) is 10.2 Å². The highest BCUT2D eigenvalue weighted by Crippen LogP contribution is 2.31. The van der Waals surface area contributed by atoms with E-state index >= 15 is 0 Å². The number of ether oxygens (including phenoxy) is 1. The minimum absolute atomic E-state index is 0.202. The van der Waals surface area contributed by atoms with Gasteiger partial charge in [0.15, 0.2) is 0 Å². The van der Waals surface area contributed by atoms with E-state index in [2.05, 4.69) is 16.8 Å². The summed E-state index contributed by atoms with van der Waals surface area (Å²) in [6, 6.07) is 1.75. The molecule has 0 radical (unpaired) electrons. The molecule has 1 aromatic rings. The van der Waals surface area contributed by atoms with Gasteiger partial charge in [-0.15, -0.1) is 5.10 Å². The van der Waals surface area contributed by atoms with Gasteiger partial charge in [0, 0.05) is 5.56 Å². The molecule has 0 bridgehead atoms. The summed E-state index contributed by atoms with van der Waals surface area (Å²) in [5.41, 5.74) is 0.131. The second kappa shape index (κ2) is 5.46. The Bertz CT molecular complexity index is 436. The van der Waals surface area contributed by atoms with Crippen molar-refractivity contribution in [3.63, 3.8) is 0 Å². The first kappa shape index (κ1) is 14.6. The quantitative estimate of drug-likeness (QED) is 0.747. The summed E-state index contributed by atoms with van der Waals surface area (Å²) < 4.78 is 19.6. The Morgan fingerprint density at radius 3 is 2.50 bits per heavy atom. The minimum Gasteiger partial charge on any atom is -0.492 e. The summed E-state index contributed by atoms with van der Waals surface area (Å²) in [6.07, 6.45) is 0. The third-order valence-corrected chi connectivity index (χ3v) is 2.63. The SMILES string of the molecule is C=C(OCC)c1nnc(C(C)C)cc1C(C)(C)F. The average molecular weight is 252 g/mol. The Morgan fingerprint density at radius 2 is 2.06 bits per heavy atom. The van der Waals surface area contributed by atoms with E-state index in [4.69, 9.17) is 4.74 Å². The van der Waals surface area contributed by atoms with Gasteiger partial charge >= 0.3 is 0 Å². The van der Waals surface area contributed by atoms with E-state index in [0.717, 1.165) is 5.69 Å². The Kier molecular flexibility index (Phi) is 4.43. The van der Waals surface area contributed by atoms with Gasteiger partial charge in [-0.1, -0.05) is 20.4 Å². The van der Waals surface area contributed by atoms with Crippen molar-refractivity contribution in [2.45, 2.75) is 46.2 Å². The third kappa shape index (κ3) is 3.28. The van der Waals surface area contributed by atoms with Crippen LogP contribution < -0.4 is 0 Å². The Hall–Kier alpha value is -1.45. The lowest BCUT2D eigenvalue weighted by atomic mass is 9.95. The van der Waals surface area contributed by atoms with Crippen LogP contribution in [0.1, 0.15) is 57.5 Å². The van der Waals surface area contributed by atoms with Crippen molar-refractivity contribution in [1.29, 1.82) is 0 Å². The highest BCUT2D eigenvalue weighted by molar-refractivity contribution is 5.58. The summed E-state index contributed by atoms with van der Waals surface area (Å²) in [5.74, 6) is 0.564. The maximum atomic E-state index is 14.3. The molecule has 0 aliphatic heterocycles. The first-order chi connectivity index (χ1) is 8.27. The maximum Gasteiger partial charge on any atom is 0.140 e. The molecule has 1 heterocycles. The summed E-state index contributed by atoms with van der Waals surface area (Å²) in [6.45, 7) is 13.1. The molecule has 1 aromatic heterocycles. The second-order valence-corrected chi connectivity index (χ2v) is 5.01. The lowest BCUT2D eigenvalue weighted by Crippen LogP contribution is -2.16. The van der Waals surface area contributed by atoms with Crippen LogP contribution in [-0.2, 0) is 10.4 Å². The van der Waals surface area contributed by atoms with Gasteiger partial charge < -0.3 is 4.74 Å². The summed E-state index contributed by atoms with van der Waals surface area (Å²) in [7, 11) is 0. The second-order valence-electron chi connectivity index (χ2n) is 5.01. The van der Waals surface area contributed by atoms with E-state index in [-0.39, 0.29) is 5.92 Å². The Labute approximate surface area is 108 Å². The number of alkyl halides is 1. The molecule has 0 saturated heterocycles. The summed E-state index contributed by atoms with van der Waals surface area (Å²) in [5, 5.41) is 8.17. The fourth-order valence-electron chi connectivity index (χ4n) is 1.59. The van der Waals surface area contributed by atoms with Gasteiger partial charge in [0.1, 0.15) is 17.1 Å². The number of hydrogen-bond acceptors (Lipinski definition) is 3. The van der Waals surface area contributed by atoms with E-state index in [1.54, 1.807) is 6.07 Å². The van der Waals surface area contributed by atoms with Crippen LogP contribution in [0.4, 0.5) is 4.39 Å². The fraction of sp³-hybridized carbons (Fsp3) is 0.571. The lowest BCUT2D eigenvalue weighted by molar-refractivity contribution is 0.217. The average Bonchev–Trinajstić information content (AvgIpc) is 2.27. The van der Waals surface area contributed by atoms with Crippen molar-refractivity contribution in [3.8, 4) is 0 Å². The predicted molar refractivity (Wildman–Crippen MR) is 70.9 cm³/mol. The molecule has 0 aliphatic rings. The molecular formula is C14H21FN2O. The standard InChI is InChI=1S/C14H21FN2O/c1-7-18-10(4)13-11(14(5,6)15)8-12(9(2)3)16-17-13/h8-9H,4,7H2,1-3,5-6H3. The van der Waals surface area contributed by atoms with Crippen LogP contribution in [0.2, 0.25) is 0 Å². The lowest BCUT2D eigenvalue weighted by Gasteiger charge is -2.20. The van der Waals surface area contributed by atoms with Gasteiger partial charge in [-0.3, -0.25) is 0 Å². The van der Waals surface area contributed by atoms with Crippen LogP contribution in [0, 0.1) is 0 Å². The van der Waals surface area contributed by atoms with Crippen LogP contribution >= 0.6 is 0 Å². The molecule has 1 rings (SSSR count). The fourth-order valence-corrected chi connectivity index (χ4v) is 1.59. The monoisotopic (exact) mass is 252 g/mol. The number of rotatable bonds is 5. The molecule has 3 nitrogen and oxygen atoms in total. The molecule has 0 amide bonds. The molecule has 0 fully saturated rings. The number of aromatic nitrogens is 2. The minimum atomic E-state index is -1.51. The topological polar surface area (TPSA) is 35.0 Å². The number of nitrogens with zero attached hydrogens (tertiary/aromatic N) is 2. The predicted octanol–water partition coefficient (Wildman–Crippen LogP) is 3.81. The smallest absolute Gasteiger partial charge is 0.140 e. The summed E-state index contributed by atoms with van der Waals surface area (Å²) >= 11 is 0. The normalized spacial score (nSPS) is 11.7. The highest BCUT2D eigenvalue weighted by Gasteiger charge is 2.26. The van der Waals surface area contributed by atoms with Crippen LogP contribution in [0.3, 0.4) is 0 Å². The summed E-state index contributed by atoms with van der Waals surface area (Å²) in [4.78, 5) is 0. The Balaban J connectivity index is 3.30. The van der Waals surface area contributed by atoms with Gasteiger partial charge in [0.05, 0.1) is 12.3 Å². The van der Waals surface area contributed by atoms with Crippen LogP contribution in [0.25, 0.3) is 5.76 Å². The van der Waals surface area contributed by atoms with Crippen molar-refractivity contribution >= 4 is 5.76 Å². The van der Waals surface area contributed by atoms with Gasteiger partial charge in [-0.25, -0.2) is 4.39 Å². The molecule has 0 spiro atoms. The zero-order valence-corrected chi connectivity index (χ0v) is 11.7. The molecule has 0 atom stereocenters. The van der Waals surface area contributed by atoms with E-state index in [1.807, 2.05) is 20.8 Å².